The Balaban J connectivity index is 1.77. The van der Waals surface area contributed by atoms with Gasteiger partial charge in [0.2, 0.25) is 0 Å². The van der Waals surface area contributed by atoms with Gasteiger partial charge in [0.25, 0.3) is 0 Å². The number of rotatable bonds is 5. The van der Waals surface area contributed by atoms with Gasteiger partial charge in [-0.05, 0) is 52.4 Å². The molecular formula is C31H27N3. The predicted molar refractivity (Wildman–Crippen MR) is 140 cm³/mol. The van der Waals surface area contributed by atoms with E-state index < -0.39 is 0 Å². The molecular weight excluding hydrogens is 414 g/mol. The minimum Gasteiger partial charge on any atom is -0.366 e. The zero-order chi connectivity index (χ0) is 23.5. The standard InChI is InChI=1S/C31H27N3/c1-22(2)27-19-28(24-11-5-3-6-12-24)30(29(20-27)25-13-7-4-8-14-25)34-17-16-33-31(34)26-15-9-10-23(18-26)21-32/h3-20,22,31,33H,1-2H3. The van der Waals surface area contributed by atoms with Gasteiger partial charge in [0.05, 0.1) is 17.3 Å². The number of nitriles is 1. The molecule has 1 heterocycles. The van der Waals surface area contributed by atoms with E-state index in [0.29, 0.717) is 11.5 Å². The lowest BCUT2D eigenvalue weighted by molar-refractivity contribution is 0.668. The van der Waals surface area contributed by atoms with E-state index in [0.717, 1.165) is 11.3 Å². The number of hydrogen-bond acceptors (Lipinski definition) is 3. The summed E-state index contributed by atoms with van der Waals surface area (Å²) in [5.74, 6) is 0.398. The summed E-state index contributed by atoms with van der Waals surface area (Å²) in [6, 6.07) is 36.0. The summed E-state index contributed by atoms with van der Waals surface area (Å²) >= 11 is 0. The lowest BCUT2D eigenvalue weighted by Gasteiger charge is -2.31. The maximum Gasteiger partial charge on any atom is 0.129 e. The molecule has 0 amide bonds. The van der Waals surface area contributed by atoms with Crippen molar-refractivity contribution >= 4 is 5.69 Å². The van der Waals surface area contributed by atoms with Gasteiger partial charge in [0.15, 0.2) is 0 Å². The van der Waals surface area contributed by atoms with Crippen molar-refractivity contribution in [2.24, 2.45) is 0 Å². The lowest BCUT2D eigenvalue weighted by Crippen LogP contribution is -2.27. The van der Waals surface area contributed by atoms with Crippen molar-refractivity contribution in [3.8, 4) is 28.3 Å². The van der Waals surface area contributed by atoms with Gasteiger partial charge < -0.3 is 10.2 Å². The van der Waals surface area contributed by atoms with Gasteiger partial charge in [-0.3, -0.25) is 0 Å². The summed E-state index contributed by atoms with van der Waals surface area (Å²) in [5.41, 5.74) is 8.92. The van der Waals surface area contributed by atoms with Gasteiger partial charge >= 0.3 is 0 Å². The van der Waals surface area contributed by atoms with Crippen LogP contribution in [0.25, 0.3) is 22.3 Å². The number of benzene rings is 4. The van der Waals surface area contributed by atoms with Gasteiger partial charge in [-0.15, -0.1) is 0 Å². The molecule has 0 aromatic heterocycles. The Kier molecular flexibility index (Phi) is 5.89. The molecule has 1 aliphatic heterocycles. The van der Waals surface area contributed by atoms with Crippen LogP contribution < -0.4 is 10.2 Å². The molecule has 34 heavy (non-hydrogen) atoms. The molecule has 0 spiro atoms. The van der Waals surface area contributed by atoms with Gasteiger partial charge in [0, 0.05) is 23.5 Å². The quantitative estimate of drug-likeness (QED) is 0.347. The Bertz CT molecular complexity index is 1300. The van der Waals surface area contributed by atoms with Gasteiger partial charge in [-0.2, -0.15) is 5.26 Å². The van der Waals surface area contributed by atoms with Crippen LogP contribution in [0.5, 0.6) is 0 Å². The van der Waals surface area contributed by atoms with E-state index in [4.69, 9.17) is 0 Å². The molecule has 3 nitrogen and oxygen atoms in total. The molecule has 1 N–H and O–H groups in total. The maximum atomic E-state index is 9.46. The molecule has 3 heteroatoms. The minimum atomic E-state index is -0.108. The molecule has 4 aromatic rings. The second kappa shape index (κ2) is 9.29. The van der Waals surface area contributed by atoms with Crippen LogP contribution in [0.2, 0.25) is 0 Å². The van der Waals surface area contributed by atoms with Crippen molar-refractivity contribution in [1.29, 1.82) is 5.26 Å². The summed E-state index contributed by atoms with van der Waals surface area (Å²) in [7, 11) is 0. The topological polar surface area (TPSA) is 39.1 Å². The van der Waals surface area contributed by atoms with Crippen LogP contribution in [0.3, 0.4) is 0 Å². The zero-order valence-corrected chi connectivity index (χ0v) is 19.4. The van der Waals surface area contributed by atoms with Crippen LogP contribution >= 0.6 is 0 Å². The summed E-state index contributed by atoms with van der Waals surface area (Å²) < 4.78 is 0. The monoisotopic (exact) mass is 441 g/mol. The van der Waals surface area contributed by atoms with E-state index in [1.165, 1.54) is 27.8 Å². The third kappa shape index (κ3) is 4.07. The molecule has 166 valence electrons. The van der Waals surface area contributed by atoms with Crippen LogP contribution in [-0.2, 0) is 0 Å². The van der Waals surface area contributed by atoms with E-state index in [2.05, 4.69) is 115 Å². The van der Waals surface area contributed by atoms with Crippen molar-refractivity contribution in [2.75, 3.05) is 4.90 Å². The van der Waals surface area contributed by atoms with Crippen LogP contribution in [0.4, 0.5) is 5.69 Å². The van der Waals surface area contributed by atoms with Crippen molar-refractivity contribution in [1.82, 2.24) is 5.32 Å². The fourth-order valence-corrected chi connectivity index (χ4v) is 4.56. The lowest BCUT2D eigenvalue weighted by atomic mass is 9.89. The molecule has 0 bridgehead atoms. The van der Waals surface area contributed by atoms with Gasteiger partial charge in [0.1, 0.15) is 6.17 Å². The highest BCUT2D eigenvalue weighted by Gasteiger charge is 2.28. The van der Waals surface area contributed by atoms with E-state index >= 15 is 0 Å². The summed E-state index contributed by atoms with van der Waals surface area (Å²) in [5, 5.41) is 13.0. The van der Waals surface area contributed by atoms with Crippen molar-refractivity contribution < 1.29 is 0 Å². The Morgan fingerprint density at radius 1 is 0.794 bits per heavy atom. The van der Waals surface area contributed by atoms with Crippen molar-refractivity contribution in [3.05, 3.63) is 126 Å². The average Bonchev–Trinajstić information content (AvgIpc) is 3.38. The highest BCUT2D eigenvalue weighted by atomic mass is 15.3. The normalized spacial score (nSPS) is 14.8. The van der Waals surface area contributed by atoms with Crippen LogP contribution in [0.1, 0.15) is 42.6 Å². The molecule has 0 saturated carbocycles. The number of nitrogens with zero attached hydrogens (tertiary/aromatic N) is 2. The number of hydrogen-bond donors (Lipinski definition) is 1. The third-order valence-corrected chi connectivity index (χ3v) is 6.33. The Morgan fingerprint density at radius 3 is 1.97 bits per heavy atom. The van der Waals surface area contributed by atoms with E-state index in [-0.39, 0.29) is 6.17 Å². The van der Waals surface area contributed by atoms with E-state index in [1.54, 1.807) is 0 Å². The molecule has 1 atom stereocenters. The summed E-state index contributed by atoms with van der Waals surface area (Å²) in [6.07, 6.45) is 3.99. The predicted octanol–water partition coefficient (Wildman–Crippen LogP) is 7.60. The highest BCUT2D eigenvalue weighted by Crippen LogP contribution is 2.45. The number of anilines is 1. The van der Waals surface area contributed by atoms with Gasteiger partial charge in [-0.1, -0.05) is 86.6 Å². The molecule has 0 fully saturated rings. The summed E-state index contributed by atoms with van der Waals surface area (Å²) in [6.45, 7) is 4.48. The van der Waals surface area contributed by atoms with Gasteiger partial charge in [-0.25, -0.2) is 0 Å². The van der Waals surface area contributed by atoms with E-state index in [9.17, 15) is 5.26 Å². The van der Waals surface area contributed by atoms with Crippen molar-refractivity contribution in [3.63, 3.8) is 0 Å². The maximum absolute atomic E-state index is 9.46. The first-order chi connectivity index (χ1) is 16.7. The van der Waals surface area contributed by atoms with E-state index in [1.807, 2.05) is 24.4 Å². The third-order valence-electron chi connectivity index (χ3n) is 6.33. The molecule has 5 rings (SSSR count). The molecule has 1 aliphatic rings. The zero-order valence-electron chi connectivity index (χ0n) is 19.4. The molecule has 4 aromatic carbocycles. The fourth-order valence-electron chi connectivity index (χ4n) is 4.56. The molecule has 1 unspecified atom stereocenters. The molecule has 0 aliphatic carbocycles. The SMILES string of the molecule is CC(C)c1cc(-c2ccccc2)c(N2C=CNC2c2cccc(C#N)c2)c(-c2ccccc2)c1. The first-order valence-electron chi connectivity index (χ1n) is 11.7. The van der Waals surface area contributed by atoms with Crippen molar-refractivity contribution in [2.45, 2.75) is 25.9 Å². The summed E-state index contributed by atoms with van der Waals surface area (Å²) in [4.78, 5) is 2.30. The Hall–Kier alpha value is -4.29. The average molecular weight is 442 g/mol. The second-order valence-electron chi connectivity index (χ2n) is 8.88. The largest absolute Gasteiger partial charge is 0.366 e. The first-order valence-corrected chi connectivity index (χ1v) is 11.7. The van der Waals surface area contributed by atoms with Crippen LogP contribution in [0.15, 0.2) is 109 Å². The molecule has 0 saturated heterocycles. The number of nitrogens with one attached hydrogen (secondary N) is 1. The smallest absolute Gasteiger partial charge is 0.129 e. The first kappa shape index (κ1) is 21.6. The van der Waals surface area contributed by atoms with Crippen LogP contribution in [0, 0.1) is 11.3 Å². The second-order valence-corrected chi connectivity index (χ2v) is 8.88. The minimum absolute atomic E-state index is 0.108. The Morgan fingerprint density at radius 2 is 1.41 bits per heavy atom. The van der Waals surface area contributed by atoms with Crippen LogP contribution in [-0.4, -0.2) is 0 Å². The molecule has 0 radical (unpaired) electrons. The fraction of sp³-hybridized carbons (Fsp3) is 0.129. The Labute approximate surface area is 201 Å². The highest BCUT2D eigenvalue weighted by molar-refractivity contribution is 5.93.